The molecule has 0 aliphatic rings. The molecule has 0 aliphatic carbocycles. The third-order valence-electron chi connectivity index (χ3n) is 2.61. The zero-order valence-corrected chi connectivity index (χ0v) is 12.6. The van der Waals surface area contributed by atoms with E-state index in [-0.39, 0.29) is 18.7 Å². The summed E-state index contributed by atoms with van der Waals surface area (Å²) in [5, 5.41) is 0. The first kappa shape index (κ1) is 17.1. The van der Waals surface area contributed by atoms with Crippen LogP contribution >= 0.6 is 0 Å². The largest absolute Gasteiger partial charge is 0.444 e. The summed E-state index contributed by atoms with van der Waals surface area (Å²) < 4.78 is 31.1. The first-order valence-corrected chi connectivity index (χ1v) is 6.60. The normalized spacial score (nSPS) is 11.1. The Morgan fingerprint density at radius 2 is 1.81 bits per heavy atom. The molecule has 0 saturated heterocycles. The highest BCUT2D eigenvalue weighted by molar-refractivity contribution is 5.98. The molecule has 0 N–H and O–H groups in total. The van der Waals surface area contributed by atoms with E-state index in [9.17, 15) is 18.4 Å². The molecule has 116 valence electrons. The zero-order valence-electron chi connectivity index (χ0n) is 12.6. The van der Waals surface area contributed by atoms with Gasteiger partial charge < -0.3 is 9.64 Å². The molecule has 1 rings (SSSR count). The fourth-order valence-corrected chi connectivity index (χ4v) is 1.57. The summed E-state index contributed by atoms with van der Waals surface area (Å²) in [6, 6.07) is 2.89. The summed E-state index contributed by atoms with van der Waals surface area (Å²) in [4.78, 5) is 25.1. The van der Waals surface area contributed by atoms with Crippen LogP contribution in [0.1, 0.15) is 38.1 Å². The maximum absolute atomic E-state index is 13.1. The molecule has 0 aromatic heterocycles. The summed E-state index contributed by atoms with van der Waals surface area (Å²) in [5.41, 5.74) is -0.661. The number of carbonyl (C=O) groups excluding carboxylic acids is 2. The third kappa shape index (κ3) is 5.13. The predicted molar refractivity (Wildman–Crippen MR) is 74.2 cm³/mol. The second-order valence-electron chi connectivity index (χ2n) is 5.55. The molecule has 6 heteroatoms. The fraction of sp³-hybridized carbons (Fsp3) is 0.467. The molecule has 21 heavy (non-hydrogen) atoms. The summed E-state index contributed by atoms with van der Waals surface area (Å²) in [6.45, 7) is 6.87. The van der Waals surface area contributed by atoms with Gasteiger partial charge in [0.25, 0.3) is 0 Å². The SMILES string of the molecule is CCN(CC(=O)c1ccc(F)c(F)c1)C(=O)OC(C)(C)C. The Hall–Kier alpha value is -1.98. The second-order valence-corrected chi connectivity index (χ2v) is 5.55. The van der Waals surface area contributed by atoms with Crippen LogP contribution in [0.2, 0.25) is 0 Å². The Morgan fingerprint density at radius 1 is 1.19 bits per heavy atom. The lowest BCUT2D eigenvalue weighted by molar-refractivity contribution is 0.0257. The van der Waals surface area contributed by atoms with E-state index in [1.807, 2.05) is 0 Å². The second kappa shape index (κ2) is 6.65. The molecule has 1 aromatic rings. The van der Waals surface area contributed by atoms with Crippen LogP contribution in [0.15, 0.2) is 18.2 Å². The molecule has 0 unspecified atom stereocenters. The van der Waals surface area contributed by atoms with Crippen LogP contribution in [0, 0.1) is 11.6 Å². The van der Waals surface area contributed by atoms with Crippen molar-refractivity contribution in [2.45, 2.75) is 33.3 Å². The molecule has 0 saturated carbocycles. The van der Waals surface area contributed by atoms with Gasteiger partial charge >= 0.3 is 6.09 Å². The summed E-state index contributed by atoms with van der Waals surface area (Å²) >= 11 is 0. The minimum Gasteiger partial charge on any atom is -0.444 e. The number of likely N-dealkylation sites (N-methyl/N-ethyl adjacent to an activating group) is 1. The average Bonchev–Trinajstić information content (AvgIpc) is 2.36. The van der Waals surface area contributed by atoms with Crippen molar-refractivity contribution in [1.29, 1.82) is 0 Å². The van der Waals surface area contributed by atoms with Gasteiger partial charge in [-0.2, -0.15) is 0 Å². The standard InChI is InChI=1S/C15H19F2NO3/c1-5-18(14(20)21-15(2,3)4)9-13(19)10-6-7-11(16)12(17)8-10/h6-8H,5,9H2,1-4H3. The minimum absolute atomic E-state index is 0.0101. The molecule has 0 bridgehead atoms. The van der Waals surface area contributed by atoms with Gasteiger partial charge in [-0.15, -0.1) is 0 Å². The molecule has 1 aromatic carbocycles. The molecule has 0 spiro atoms. The van der Waals surface area contributed by atoms with Crippen LogP contribution in [0.3, 0.4) is 0 Å². The van der Waals surface area contributed by atoms with Crippen molar-refractivity contribution in [1.82, 2.24) is 4.90 Å². The van der Waals surface area contributed by atoms with Crippen molar-refractivity contribution in [3.8, 4) is 0 Å². The van der Waals surface area contributed by atoms with E-state index in [2.05, 4.69) is 0 Å². The number of hydrogen-bond donors (Lipinski definition) is 0. The smallest absolute Gasteiger partial charge is 0.410 e. The first-order chi connectivity index (χ1) is 9.64. The monoisotopic (exact) mass is 299 g/mol. The first-order valence-electron chi connectivity index (χ1n) is 6.60. The van der Waals surface area contributed by atoms with E-state index in [1.54, 1.807) is 27.7 Å². The Balaban J connectivity index is 2.79. The number of rotatable bonds is 4. The lowest BCUT2D eigenvalue weighted by atomic mass is 10.1. The Labute approximate surface area is 122 Å². The van der Waals surface area contributed by atoms with Crippen molar-refractivity contribution < 1.29 is 23.1 Å². The average molecular weight is 299 g/mol. The fourth-order valence-electron chi connectivity index (χ4n) is 1.57. The lowest BCUT2D eigenvalue weighted by Gasteiger charge is -2.26. The number of halogens is 2. The number of hydrogen-bond acceptors (Lipinski definition) is 3. The highest BCUT2D eigenvalue weighted by atomic mass is 19.2. The van der Waals surface area contributed by atoms with Crippen LogP contribution < -0.4 is 0 Å². The van der Waals surface area contributed by atoms with E-state index in [0.717, 1.165) is 12.1 Å². The number of Topliss-reactive ketones (excluding diaryl/α,β-unsaturated/α-hetero) is 1. The maximum Gasteiger partial charge on any atom is 0.410 e. The predicted octanol–water partition coefficient (Wildman–Crippen LogP) is 3.40. The number of ether oxygens (including phenoxy) is 1. The van der Waals surface area contributed by atoms with Crippen molar-refractivity contribution >= 4 is 11.9 Å². The number of nitrogens with zero attached hydrogens (tertiary/aromatic N) is 1. The van der Waals surface area contributed by atoms with Crippen LogP contribution in [0.4, 0.5) is 13.6 Å². The van der Waals surface area contributed by atoms with E-state index in [4.69, 9.17) is 4.74 Å². The van der Waals surface area contributed by atoms with Crippen molar-refractivity contribution in [2.24, 2.45) is 0 Å². The Morgan fingerprint density at radius 3 is 2.29 bits per heavy atom. The van der Waals surface area contributed by atoms with Gasteiger partial charge in [0.2, 0.25) is 0 Å². The van der Waals surface area contributed by atoms with Gasteiger partial charge in [0, 0.05) is 12.1 Å². The third-order valence-corrected chi connectivity index (χ3v) is 2.61. The number of amides is 1. The molecule has 0 aliphatic heterocycles. The van der Waals surface area contributed by atoms with Gasteiger partial charge in [-0.25, -0.2) is 13.6 Å². The lowest BCUT2D eigenvalue weighted by Crippen LogP contribution is -2.39. The van der Waals surface area contributed by atoms with Crippen molar-refractivity contribution in [3.63, 3.8) is 0 Å². The van der Waals surface area contributed by atoms with Gasteiger partial charge in [-0.05, 0) is 45.9 Å². The maximum atomic E-state index is 13.1. The minimum atomic E-state index is -1.10. The molecular formula is C15H19F2NO3. The van der Waals surface area contributed by atoms with Gasteiger partial charge in [0.05, 0.1) is 6.54 Å². The van der Waals surface area contributed by atoms with E-state index in [1.165, 1.54) is 11.0 Å². The Bertz CT molecular complexity index is 538. The van der Waals surface area contributed by atoms with Crippen LogP contribution in [-0.4, -0.2) is 35.5 Å². The Kier molecular flexibility index (Phi) is 5.41. The number of ketones is 1. The van der Waals surface area contributed by atoms with E-state index >= 15 is 0 Å². The van der Waals surface area contributed by atoms with Gasteiger partial charge in [-0.1, -0.05) is 0 Å². The molecule has 0 fully saturated rings. The zero-order chi connectivity index (χ0) is 16.2. The van der Waals surface area contributed by atoms with Crippen molar-refractivity contribution in [2.75, 3.05) is 13.1 Å². The van der Waals surface area contributed by atoms with Crippen LogP contribution in [-0.2, 0) is 4.74 Å². The molecule has 0 atom stereocenters. The number of benzene rings is 1. The summed E-state index contributed by atoms with van der Waals surface area (Å²) in [7, 11) is 0. The van der Waals surface area contributed by atoms with E-state index < -0.39 is 29.1 Å². The van der Waals surface area contributed by atoms with Crippen LogP contribution in [0.25, 0.3) is 0 Å². The molecule has 4 nitrogen and oxygen atoms in total. The molecule has 0 heterocycles. The van der Waals surface area contributed by atoms with Crippen molar-refractivity contribution in [3.05, 3.63) is 35.4 Å². The van der Waals surface area contributed by atoms with E-state index in [0.29, 0.717) is 0 Å². The number of carbonyl (C=O) groups is 2. The highest BCUT2D eigenvalue weighted by Crippen LogP contribution is 2.12. The highest BCUT2D eigenvalue weighted by Gasteiger charge is 2.23. The van der Waals surface area contributed by atoms with Gasteiger partial charge in [-0.3, -0.25) is 4.79 Å². The topological polar surface area (TPSA) is 46.6 Å². The van der Waals surface area contributed by atoms with Gasteiger partial charge in [0.15, 0.2) is 17.4 Å². The summed E-state index contributed by atoms with van der Waals surface area (Å²) in [5.74, 6) is -2.60. The quantitative estimate of drug-likeness (QED) is 0.800. The molecule has 1 amide bonds. The van der Waals surface area contributed by atoms with Crippen LogP contribution in [0.5, 0.6) is 0 Å². The molecule has 0 radical (unpaired) electrons. The molecular weight excluding hydrogens is 280 g/mol. The van der Waals surface area contributed by atoms with Gasteiger partial charge in [0.1, 0.15) is 5.60 Å². The summed E-state index contributed by atoms with van der Waals surface area (Å²) in [6.07, 6.45) is -0.624.